The lowest BCUT2D eigenvalue weighted by atomic mass is 9.93. The number of ether oxygens (including phenoxy) is 1. The predicted octanol–water partition coefficient (Wildman–Crippen LogP) is 7.18. The number of carboxylic acid groups (broad SMARTS) is 1. The molecule has 2 N–H and O–H groups in total. The van der Waals surface area contributed by atoms with Gasteiger partial charge in [-0.15, -0.1) is 12.4 Å². The molecule has 1 unspecified atom stereocenters. The summed E-state index contributed by atoms with van der Waals surface area (Å²) in [5.41, 5.74) is 5.37. The molecular formula is C29H30ClNO3. The molecule has 4 aromatic rings. The maximum Gasteiger partial charge on any atom is 0.335 e. The van der Waals surface area contributed by atoms with Crippen molar-refractivity contribution in [2.24, 2.45) is 0 Å². The van der Waals surface area contributed by atoms with E-state index in [1.54, 1.807) is 6.07 Å². The molecule has 0 aliphatic carbocycles. The van der Waals surface area contributed by atoms with E-state index >= 15 is 0 Å². The Morgan fingerprint density at radius 1 is 1.00 bits per heavy atom. The zero-order valence-corrected chi connectivity index (χ0v) is 20.5. The minimum absolute atomic E-state index is 0. The Hall–Kier alpha value is -3.34. The van der Waals surface area contributed by atoms with Gasteiger partial charge in [-0.25, -0.2) is 4.79 Å². The van der Waals surface area contributed by atoms with E-state index in [0.29, 0.717) is 18.7 Å². The average Bonchev–Trinajstić information content (AvgIpc) is 2.82. The number of hydrogen-bond acceptors (Lipinski definition) is 3. The number of carboxylic acids is 1. The van der Waals surface area contributed by atoms with Crippen molar-refractivity contribution in [1.82, 2.24) is 5.32 Å². The summed E-state index contributed by atoms with van der Waals surface area (Å²) in [4.78, 5) is 11.7. The molecule has 176 valence electrons. The molecule has 0 bridgehead atoms. The highest BCUT2D eigenvalue weighted by molar-refractivity contribution is 5.99. The molecule has 34 heavy (non-hydrogen) atoms. The molecule has 0 amide bonds. The van der Waals surface area contributed by atoms with Crippen molar-refractivity contribution in [3.8, 4) is 16.9 Å². The molecule has 0 heterocycles. The zero-order chi connectivity index (χ0) is 23.4. The van der Waals surface area contributed by atoms with E-state index in [2.05, 4.69) is 48.6 Å². The summed E-state index contributed by atoms with van der Waals surface area (Å²) in [5.74, 6) is -0.0233. The van der Waals surface area contributed by atoms with Gasteiger partial charge in [0.25, 0.3) is 0 Å². The van der Waals surface area contributed by atoms with Crippen molar-refractivity contribution in [2.45, 2.75) is 33.4 Å². The Labute approximate surface area is 207 Å². The Bertz CT molecular complexity index is 1300. The van der Waals surface area contributed by atoms with Crippen LogP contribution in [0.15, 0.2) is 78.9 Å². The second-order valence-corrected chi connectivity index (χ2v) is 8.31. The number of hydrogen-bond donors (Lipinski definition) is 2. The van der Waals surface area contributed by atoms with E-state index in [9.17, 15) is 9.90 Å². The van der Waals surface area contributed by atoms with Gasteiger partial charge in [0.2, 0.25) is 0 Å². The molecule has 0 aliphatic rings. The molecule has 0 saturated carbocycles. The summed E-state index contributed by atoms with van der Waals surface area (Å²) in [6.07, 6.45) is 0. The van der Waals surface area contributed by atoms with Gasteiger partial charge in [0.15, 0.2) is 0 Å². The third-order valence-electron chi connectivity index (χ3n) is 5.98. The van der Waals surface area contributed by atoms with E-state index in [4.69, 9.17) is 4.74 Å². The first kappa shape index (κ1) is 25.3. The number of rotatable bonds is 8. The van der Waals surface area contributed by atoms with E-state index in [1.165, 1.54) is 5.56 Å². The van der Waals surface area contributed by atoms with Gasteiger partial charge >= 0.3 is 5.97 Å². The van der Waals surface area contributed by atoms with Gasteiger partial charge < -0.3 is 15.2 Å². The first-order chi connectivity index (χ1) is 16.0. The van der Waals surface area contributed by atoms with Gasteiger partial charge in [-0.1, -0.05) is 48.5 Å². The number of halogens is 1. The van der Waals surface area contributed by atoms with Gasteiger partial charge in [0, 0.05) is 12.6 Å². The molecule has 0 spiro atoms. The fourth-order valence-corrected chi connectivity index (χ4v) is 4.16. The van der Waals surface area contributed by atoms with Gasteiger partial charge in [0.1, 0.15) is 5.75 Å². The second-order valence-electron chi connectivity index (χ2n) is 8.31. The fraction of sp³-hybridized carbons (Fsp3) is 0.207. The van der Waals surface area contributed by atoms with Crippen LogP contribution < -0.4 is 10.1 Å². The lowest BCUT2D eigenvalue weighted by Crippen LogP contribution is -2.18. The minimum atomic E-state index is -0.903. The number of nitrogens with one attached hydrogen (secondary N) is 1. The summed E-state index contributed by atoms with van der Waals surface area (Å²) in [6.45, 7) is 7.29. The van der Waals surface area contributed by atoms with Crippen LogP contribution in [0.4, 0.5) is 0 Å². The third-order valence-corrected chi connectivity index (χ3v) is 5.98. The van der Waals surface area contributed by atoms with E-state index in [0.717, 1.165) is 38.8 Å². The highest BCUT2D eigenvalue weighted by Gasteiger charge is 2.13. The van der Waals surface area contributed by atoms with Gasteiger partial charge in [-0.05, 0) is 89.7 Å². The van der Waals surface area contributed by atoms with Gasteiger partial charge in [-0.3, -0.25) is 0 Å². The summed E-state index contributed by atoms with van der Waals surface area (Å²) in [5, 5.41) is 15.5. The lowest BCUT2D eigenvalue weighted by Gasteiger charge is -2.17. The van der Waals surface area contributed by atoms with Crippen LogP contribution in [0.3, 0.4) is 0 Å². The van der Waals surface area contributed by atoms with E-state index in [1.807, 2.05) is 50.2 Å². The lowest BCUT2D eigenvalue weighted by molar-refractivity contribution is 0.0696. The molecule has 0 radical (unpaired) electrons. The summed E-state index contributed by atoms with van der Waals surface area (Å²) in [7, 11) is 0. The molecule has 4 nitrogen and oxygen atoms in total. The smallest absolute Gasteiger partial charge is 0.335 e. The van der Waals surface area contributed by atoms with Gasteiger partial charge in [-0.2, -0.15) is 0 Å². The maximum absolute atomic E-state index is 11.7. The second kappa shape index (κ2) is 11.2. The number of benzene rings is 4. The topological polar surface area (TPSA) is 58.6 Å². The monoisotopic (exact) mass is 475 g/mol. The van der Waals surface area contributed by atoms with Crippen LogP contribution in [-0.2, 0) is 6.54 Å². The standard InChI is InChI=1S/C29H29NO3.ClH/c1-4-33-25-10-7-9-22(16-25)20(3)30-18-21-14-23-8-5-6-11-26(23)28(15-21)24-13-12-19(2)27(17-24)29(31)32;/h5-17,20,30H,4,18H2,1-3H3,(H,31,32);1H. The van der Waals surface area contributed by atoms with Gasteiger partial charge in [0.05, 0.1) is 12.2 Å². The number of aryl methyl sites for hydroxylation is 1. The fourth-order valence-electron chi connectivity index (χ4n) is 4.16. The maximum atomic E-state index is 11.7. The Kier molecular flexibility index (Phi) is 8.32. The number of carbonyl (C=O) groups is 1. The van der Waals surface area contributed by atoms with Crippen molar-refractivity contribution >= 4 is 29.1 Å². The molecule has 0 saturated heterocycles. The average molecular weight is 476 g/mol. The molecule has 0 fully saturated rings. The molecule has 1 atom stereocenters. The summed E-state index contributed by atoms with van der Waals surface area (Å²) < 4.78 is 5.64. The Morgan fingerprint density at radius 3 is 2.56 bits per heavy atom. The van der Waals surface area contributed by atoms with E-state index in [-0.39, 0.29) is 18.4 Å². The normalized spacial score (nSPS) is 11.6. The van der Waals surface area contributed by atoms with Crippen molar-refractivity contribution in [3.05, 3.63) is 101 Å². The van der Waals surface area contributed by atoms with Crippen LogP contribution >= 0.6 is 12.4 Å². The van der Waals surface area contributed by atoms with Crippen molar-refractivity contribution in [1.29, 1.82) is 0 Å². The number of aromatic carboxylic acids is 1. The quantitative estimate of drug-likeness (QED) is 0.283. The first-order valence-electron chi connectivity index (χ1n) is 11.3. The van der Waals surface area contributed by atoms with Crippen molar-refractivity contribution in [2.75, 3.05) is 6.61 Å². The molecule has 0 aromatic heterocycles. The van der Waals surface area contributed by atoms with Crippen LogP contribution in [0, 0.1) is 6.92 Å². The largest absolute Gasteiger partial charge is 0.494 e. The molecule has 0 aliphatic heterocycles. The Balaban J connectivity index is 0.00000324. The highest BCUT2D eigenvalue weighted by Crippen LogP contribution is 2.32. The van der Waals surface area contributed by atoms with E-state index < -0.39 is 5.97 Å². The van der Waals surface area contributed by atoms with Crippen LogP contribution in [0.2, 0.25) is 0 Å². The van der Waals surface area contributed by atoms with Crippen LogP contribution in [-0.4, -0.2) is 17.7 Å². The molecule has 4 rings (SSSR count). The van der Waals surface area contributed by atoms with Crippen LogP contribution in [0.25, 0.3) is 21.9 Å². The number of fused-ring (bicyclic) bond motifs is 1. The highest BCUT2D eigenvalue weighted by atomic mass is 35.5. The van der Waals surface area contributed by atoms with Crippen LogP contribution in [0.1, 0.15) is 46.9 Å². The minimum Gasteiger partial charge on any atom is -0.494 e. The molecule has 4 aromatic carbocycles. The molecular weight excluding hydrogens is 446 g/mol. The predicted molar refractivity (Wildman–Crippen MR) is 141 cm³/mol. The summed E-state index contributed by atoms with van der Waals surface area (Å²) >= 11 is 0. The van der Waals surface area contributed by atoms with Crippen LogP contribution in [0.5, 0.6) is 5.75 Å². The molecule has 5 heteroatoms. The van der Waals surface area contributed by atoms with Crippen molar-refractivity contribution < 1.29 is 14.6 Å². The first-order valence-corrected chi connectivity index (χ1v) is 11.3. The SMILES string of the molecule is CCOc1cccc(C(C)NCc2cc(-c3ccc(C)c(C(=O)O)c3)c3ccccc3c2)c1.Cl. The Morgan fingerprint density at radius 2 is 1.79 bits per heavy atom. The zero-order valence-electron chi connectivity index (χ0n) is 19.7. The third kappa shape index (κ3) is 5.58. The summed E-state index contributed by atoms with van der Waals surface area (Å²) in [6, 6.07) is 26.6. The van der Waals surface area contributed by atoms with Crippen molar-refractivity contribution in [3.63, 3.8) is 0 Å².